The summed E-state index contributed by atoms with van der Waals surface area (Å²) in [6, 6.07) is 15.2. The van der Waals surface area contributed by atoms with E-state index >= 15 is 0 Å². The summed E-state index contributed by atoms with van der Waals surface area (Å²) < 4.78 is 15.2. The van der Waals surface area contributed by atoms with Crippen LogP contribution in [0.25, 0.3) is 0 Å². The SMILES string of the molecule is Cc1cccc(O)c1.Cc1cccc(OCC2CO2)c1.ClCC1CO1. The van der Waals surface area contributed by atoms with Crippen molar-refractivity contribution < 1.29 is 19.3 Å². The molecule has 2 saturated heterocycles. The van der Waals surface area contributed by atoms with Crippen molar-refractivity contribution in [2.75, 3.05) is 25.7 Å². The fourth-order valence-electron chi connectivity index (χ4n) is 1.84. The van der Waals surface area contributed by atoms with E-state index in [1.54, 1.807) is 12.1 Å². The fraction of sp³-hybridized carbons (Fsp3) is 0.400. The number of alkyl halides is 1. The van der Waals surface area contributed by atoms with Crippen molar-refractivity contribution in [3.8, 4) is 11.5 Å². The molecule has 4 nitrogen and oxygen atoms in total. The molecule has 0 radical (unpaired) electrons. The second-order valence-electron chi connectivity index (χ2n) is 6.03. The van der Waals surface area contributed by atoms with Gasteiger partial charge in [-0.1, -0.05) is 24.3 Å². The van der Waals surface area contributed by atoms with Crippen molar-refractivity contribution in [1.29, 1.82) is 0 Å². The van der Waals surface area contributed by atoms with Gasteiger partial charge >= 0.3 is 0 Å². The highest BCUT2D eigenvalue weighted by molar-refractivity contribution is 6.18. The molecular weight excluding hydrogens is 340 g/mol. The quantitative estimate of drug-likeness (QED) is 0.655. The Morgan fingerprint density at radius 3 is 2.00 bits per heavy atom. The van der Waals surface area contributed by atoms with Gasteiger partial charge in [0.15, 0.2) is 0 Å². The van der Waals surface area contributed by atoms with Gasteiger partial charge in [-0.25, -0.2) is 0 Å². The largest absolute Gasteiger partial charge is 0.508 e. The van der Waals surface area contributed by atoms with Crippen LogP contribution in [0, 0.1) is 13.8 Å². The highest BCUT2D eigenvalue weighted by Crippen LogP contribution is 2.15. The first-order valence-corrected chi connectivity index (χ1v) is 8.84. The van der Waals surface area contributed by atoms with Crippen molar-refractivity contribution in [2.24, 2.45) is 0 Å². The third-order valence-electron chi connectivity index (χ3n) is 3.40. The summed E-state index contributed by atoms with van der Waals surface area (Å²) in [5.41, 5.74) is 2.31. The van der Waals surface area contributed by atoms with Gasteiger partial charge in [0.2, 0.25) is 0 Å². The van der Waals surface area contributed by atoms with E-state index in [0.717, 1.165) is 24.5 Å². The molecule has 2 unspecified atom stereocenters. The van der Waals surface area contributed by atoms with Crippen LogP contribution in [0.5, 0.6) is 11.5 Å². The summed E-state index contributed by atoms with van der Waals surface area (Å²) in [5, 5.41) is 8.81. The molecule has 2 aromatic rings. The minimum Gasteiger partial charge on any atom is -0.508 e. The topological polar surface area (TPSA) is 54.5 Å². The lowest BCUT2D eigenvalue weighted by Gasteiger charge is -2.03. The third kappa shape index (κ3) is 9.34. The zero-order valence-electron chi connectivity index (χ0n) is 14.7. The van der Waals surface area contributed by atoms with Crippen LogP contribution in [0.4, 0.5) is 0 Å². The molecule has 5 heteroatoms. The summed E-state index contributed by atoms with van der Waals surface area (Å²) in [5.74, 6) is 1.94. The van der Waals surface area contributed by atoms with Crippen LogP contribution in [0.1, 0.15) is 11.1 Å². The minimum absolute atomic E-state index is 0.338. The smallest absolute Gasteiger partial charge is 0.119 e. The van der Waals surface area contributed by atoms with Gasteiger partial charge in [-0.05, 0) is 49.2 Å². The number of halogens is 1. The maximum absolute atomic E-state index is 8.81. The summed E-state index contributed by atoms with van der Waals surface area (Å²) >= 11 is 5.27. The molecule has 136 valence electrons. The van der Waals surface area contributed by atoms with E-state index in [0.29, 0.717) is 30.4 Å². The zero-order chi connectivity index (χ0) is 18.1. The first-order chi connectivity index (χ1) is 12.1. The molecule has 1 N–H and O–H groups in total. The lowest BCUT2D eigenvalue weighted by molar-refractivity contribution is 0.263. The number of ether oxygens (including phenoxy) is 3. The standard InChI is InChI=1S/C10H12O2.C7H8O.C3H5ClO/c1-8-3-2-4-9(5-8)11-6-10-7-12-10;1-6-3-2-4-7(8)5-6;4-1-3-2-5-3/h2-5,10H,6-7H2,1H3;2-5,8H,1H3;3H,1-2H2. The third-order valence-corrected chi connectivity index (χ3v) is 3.75. The number of hydrogen-bond donors (Lipinski definition) is 1. The van der Waals surface area contributed by atoms with Gasteiger partial charge in [-0.3, -0.25) is 0 Å². The Labute approximate surface area is 154 Å². The van der Waals surface area contributed by atoms with E-state index in [1.165, 1.54) is 5.56 Å². The summed E-state index contributed by atoms with van der Waals surface area (Å²) in [7, 11) is 0. The normalized spacial score (nSPS) is 19.6. The second-order valence-corrected chi connectivity index (χ2v) is 6.34. The number of phenols is 1. The van der Waals surface area contributed by atoms with E-state index in [4.69, 9.17) is 30.9 Å². The Bertz CT molecular complexity index is 622. The molecule has 2 aliphatic rings. The first-order valence-electron chi connectivity index (χ1n) is 8.31. The van der Waals surface area contributed by atoms with Crippen molar-refractivity contribution in [3.63, 3.8) is 0 Å². The number of phenolic OH excluding ortho intramolecular Hbond substituents is 1. The predicted octanol–water partition coefficient (Wildman–Crippen LogP) is 4.10. The van der Waals surface area contributed by atoms with Gasteiger partial charge in [-0.2, -0.15) is 0 Å². The maximum atomic E-state index is 8.81. The van der Waals surface area contributed by atoms with Gasteiger partial charge in [0.1, 0.15) is 24.2 Å². The van der Waals surface area contributed by atoms with Crippen molar-refractivity contribution in [2.45, 2.75) is 26.1 Å². The van der Waals surface area contributed by atoms with E-state index in [-0.39, 0.29) is 0 Å². The van der Waals surface area contributed by atoms with Crippen LogP contribution in [0.15, 0.2) is 48.5 Å². The predicted molar refractivity (Wildman–Crippen MR) is 99.7 cm³/mol. The highest BCUT2D eigenvalue weighted by atomic mass is 35.5. The average molecular weight is 365 g/mol. The summed E-state index contributed by atoms with van der Waals surface area (Å²) in [4.78, 5) is 0. The first kappa shape index (κ1) is 19.6. The molecule has 2 aromatic carbocycles. The summed E-state index contributed by atoms with van der Waals surface area (Å²) in [6.45, 7) is 6.42. The van der Waals surface area contributed by atoms with Gasteiger partial charge in [0, 0.05) is 0 Å². The van der Waals surface area contributed by atoms with Crippen LogP contribution in [0.3, 0.4) is 0 Å². The molecule has 2 fully saturated rings. The lowest BCUT2D eigenvalue weighted by atomic mass is 10.2. The van der Waals surface area contributed by atoms with Crippen LogP contribution < -0.4 is 4.74 Å². The lowest BCUT2D eigenvalue weighted by Crippen LogP contribution is -2.03. The fourth-order valence-corrected chi connectivity index (χ4v) is 2.02. The van der Waals surface area contributed by atoms with Gasteiger partial charge in [0.05, 0.1) is 25.2 Å². The molecule has 4 rings (SSSR count). The molecule has 0 aromatic heterocycles. The average Bonchev–Trinajstić information content (AvgIpc) is 3.49. The summed E-state index contributed by atoms with van der Waals surface area (Å²) in [6.07, 6.45) is 0.738. The molecular formula is C20H25ClO4. The van der Waals surface area contributed by atoms with Crippen molar-refractivity contribution in [1.82, 2.24) is 0 Å². The number of aryl methyl sites for hydroxylation is 2. The molecule has 0 saturated carbocycles. The van der Waals surface area contributed by atoms with Gasteiger partial charge < -0.3 is 19.3 Å². The number of aromatic hydroxyl groups is 1. The Morgan fingerprint density at radius 2 is 1.60 bits per heavy atom. The Balaban J connectivity index is 0.000000149. The molecule has 0 aliphatic carbocycles. The number of hydrogen-bond acceptors (Lipinski definition) is 4. The monoisotopic (exact) mass is 364 g/mol. The van der Waals surface area contributed by atoms with Crippen LogP contribution >= 0.6 is 11.6 Å². The molecule has 0 bridgehead atoms. The van der Waals surface area contributed by atoms with Crippen LogP contribution in [-0.2, 0) is 9.47 Å². The van der Waals surface area contributed by atoms with Crippen molar-refractivity contribution >= 4 is 11.6 Å². The minimum atomic E-state index is 0.338. The Morgan fingerprint density at radius 1 is 1.00 bits per heavy atom. The molecule has 2 atom stereocenters. The highest BCUT2D eigenvalue weighted by Gasteiger charge is 2.22. The van der Waals surface area contributed by atoms with Crippen molar-refractivity contribution in [3.05, 3.63) is 59.7 Å². The van der Waals surface area contributed by atoms with E-state index < -0.39 is 0 Å². The zero-order valence-corrected chi connectivity index (χ0v) is 15.4. The Kier molecular flexibility index (Phi) is 8.06. The van der Waals surface area contributed by atoms with E-state index in [1.807, 2.05) is 37.3 Å². The molecule has 2 aliphatic heterocycles. The molecule has 0 spiro atoms. The van der Waals surface area contributed by atoms with Gasteiger partial charge in [0.25, 0.3) is 0 Å². The number of benzene rings is 2. The maximum Gasteiger partial charge on any atom is 0.119 e. The van der Waals surface area contributed by atoms with Crippen LogP contribution in [0.2, 0.25) is 0 Å². The van der Waals surface area contributed by atoms with Crippen LogP contribution in [-0.4, -0.2) is 43.0 Å². The Hall–Kier alpha value is -1.75. The number of rotatable bonds is 4. The van der Waals surface area contributed by atoms with E-state index in [2.05, 4.69) is 13.0 Å². The molecule has 25 heavy (non-hydrogen) atoms. The van der Waals surface area contributed by atoms with E-state index in [9.17, 15) is 0 Å². The second kappa shape index (κ2) is 10.3. The molecule has 2 heterocycles. The van der Waals surface area contributed by atoms with Gasteiger partial charge in [-0.15, -0.1) is 11.6 Å². The number of epoxide rings is 2. The molecule has 0 amide bonds.